The first-order valence-corrected chi connectivity index (χ1v) is 8.69. The van der Waals surface area contributed by atoms with Crippen LogP contribution in [0.5, 0.6) is 0 Å². The first kappa shape index (κ1) is 15.0. The molecule has 1 N–H and O–H groups in total. The van der Waals surface area contributed by atoms with Gasteiger partial charge in [0, 0.05) is 18.2 Å². The summed E-state index contributed by atoms with van der Waals surface area (Å²) in [4.78, 5) is 0. The number of nitrogens with one attached hydrogen (secondary N) is 1. The van der Waals surface area contributed by atoms with Crippen molar-refractivity contribution >= 4 is 26.0 Å². The molecule has 0 unspecified atom stereocenters. The van der Waals surface area contributed by atoms with Gasteiger partial charge in [-0.1, -0.05) is 28.1 Å². The monoisotopic (exact) mass is 347 g/mol. The van der Waals surface area contributed by atoms with Crippen LogP contribution in [0.4, 0.5) is 0 Å². The molecule has 1 fully saturated rings. The molecular formula is C13H18BrNO3S. The third kappa shape index (κ3) is 4.02. The smallest absolute Gasteiger partial charge is 0.212 e. The second-order valence-electron chi connectivity index (χ2n) is 4.86. The molecule has 6 heteroatoms. The first-order chi connectivity index (χ1) is 8.97. The number of rotatable bonds is 7. The Morgan fingerprint density at radius 1 is 1.42 bits per heavy atom. The van der Waals surface area contributed by atoms with Crippen molar-refractivity contribution in [2.75, 3.05) is 19.5 Å². The molecule has 1 aliphatic carbocycles. The number of hydrogen-bond acceptors (Lipinski definition) is 3. The van der Waals surface area contributed by atoms with Crippen LogP contribution >= 0.6 is 15.9 Å². The zero-order chi connectivity index (χ0) is 13.9. The molecule has 0 saturated heterocycles. The molecule has 0 aliphatic heterocycles. The van der Waals surface area contributed by atoms with Gasteiger partial charge in [-0.3, -0.25) is 0 Å². The lowest BCUT2D eigenvalue weighted by atomic mass is 10.1. The van der Waals surface area contributed by atoms with Crippen molar-refractivity contribution in [2.45, 2.75) is 24.8 Å². The molecular weight excluding hydrogens is 330 g/mol. The normalized spacial score (nSPS) is 17.4. The van der Waals surface area contributed by atoms with Gasteiger partial charge in [0.1, 0.15) is 0 Å². The van der Waals surface area contributed by atoms with Crippen LogP contribution < -0.4 is 4.72 Å². The van der Waals surface area contributed by atoms with Crippen molar-refractivity contribution in [3.05, 3.63) is 34.3 Å². The molecule has 2 rings (SSSR count). The van der Waals surface area contributed by atoms with E-state index in [2.05, 4.69) is 20.7 Å². The maximum absolute atomic E-state index is 12.0. The Hall–Kier alpha value is -0.430. The lowest BCUT2D eigenvalue weighted by Crippen LogP contribution is -2.36. The Balaban J connectivity index is 2.06. The lowest BCUT2D eigenvalue weighted by molar-refractivity contribution is 0.199. The molecule has 19 heavy (non-hydrogen) atoms. The van der Waals surface area contributed by atoms with Gasteiger partial charge < -0.3 is 4.74 Å². The molecule has 0 heterocycles. The lowest BCUT2D eigenvalue weighted by Gasteiger charge is -2.18. The van der Waals surface area contributed by atoms with Gasteiger partial charge in [0.15, 0.2) is 0 Å². The highest BCUT2D eigenvalue weighted by Gasteiger charge is 2.47. The third-order valence-electron chi connectivity index (χ3n) is 3.24. The van der Waals surface area contributed by atoms with Crippen LogP contribution in [0.25, 0.3) is 0 Å². The minimum atomic E-state index is -3.26. The van der Waals surface area contributed by atoms with E-state index >= 15 is 0 Å². The number of benzene rings is 1. The molecule has 0 spiro atoms. The topological polar surface area (TPSA) is 55.4 Å². The van der Waals surface area contributed by atoms with Gasteiger partial charge in [0.2, 0.25) is 10.0 Å². The molecule has 1 saturated carbocycles. The summed E-state index contributed by atoms with van der Waals surface area (Å²) < 4.78 is 32.8. The predicted molar refractivity (Wildman–Crippen MR) is 78.5 cm³/mol. The summed E-state index contributed by atoms with van der Waals surface area (Å²) in [6, 6.07) is 7.81. The number of methoxy groups -OCH3 is 1. The van der Waals surface area contributed by atoms with E-state index in [4.69, 9.17) is 4.74 Å². The highest BCUT2D eigenvalue weighted by Crippen LogP contribution is 2.46. The van der Waals surface area contributed by atoms with E-state index in [1.54, 1.807) is 7.11 Å². The molecule has 4 nitrogen and oxygen atoms in total. The maximum Gasteiger partial charge on any atom is 0.212 e. The summed E-state index contributed by atoms with van der Waals surface area (Å²) in [5.41, 5.74) is 0.632. The Morgan fingerprint density at radius 2 is 2.16 bits per heavy atom. The van der Waals surface area contributed by atoms with E-state index in [1.807, 2.05) is 24.3 Å². The van der Waals surface area contributed by atoms with E-state index < -0.39 is 15.6 Å². The maximum atomic E-state index is 12.0. The van der Waals surface area contributed by atoms with Crippen molar-refractivity contribution in [3.63, 3.8) is 0 Å². The van der Waals surface area contributed by atoms with Crippen molar-refractivity contribution < 1.29 is 13.2 Å². The fourth-order valence-corrected chi connectivity index (χ4v) is 4.02. The summed E-state index contributed by atoms with van der Waals surface area (Å²) in [6.45, 7) is 0.463. The quantitative estimate of drug-likeness (QED) is 0.770. The van der Waals surface area contributed by atoms with Crippen LogP contribution in [0, 0.1) is 0 Å². The zero-order valence-electron chi connectivity index (χ0n) is 10.9. The fourth-order valence-electron chi connectivity index (χ4n) is 2.10. The van der Waals surface area contributed by atoms with Crippen LogP contribution in [0.1, 0.15) is 24.8 Å². The van der Waals surface area contributed by atoms with E-state index in [-0.39, 0.29) is 5.75 Å². The summed E-state index contributed by atoms with van der Waals surface area (Å²) in [5, 5.41) is 0. The van der Waals surface area contributed by atoms with E-state index in [9.17, 15) is 8.42 Å². The average Bonchev–Trinajstić information content (AvgIpc) is 3.09. The molecule has 0 radical (unpaired) electrons. The molecule has 0 atom stereocenters. The largest absolute Gasteiger partial charge is 0.385 e. The minimum absolute atomic E-state index is 0.108. The molecule has 106 valence electrons. The molecule has 1 aliphatic rings. The standard InChI is InChI=1S/C13H18BrNO3S/c1-18-8-3-9-19(16,17)15-13(6-7-13)11-4-2-5-12(14)10-11/h2,4-5,10,15H,3,6-9H2,1H3. The summed E-state index contributed by atoms with van der Waals surface area (Å²) in [7, 11) is -1.68. The zero-order valence-corrected chi connectivity index (χ0v) is 13.3. The van der Waals surface area contributed by atoms with Gasteiger partial charge in [0.25, 0.3) is 0 Å². The van der Waals surface area contributed by atoms with Crippen LogP contribution in [0.2, 0.25) is 0 Å². The van der Waals surface area contributed by atoms with Gasteiger partial charge >= 0.3 is 0 Å². The van der Waals surface area contributed by atoms with Crippen LogP contribution in [0.15, 0.2) is 28.7 Å². The summed E-state index contributed by atoms with van der Waals surface area (Å²) >= 11 is 3.42. The Kier molecular flexibility index (Phi) is 4.66. The van der Waals surface area contributed by atoms with Crippen molar-refractivity contribution in [3.8, 4) is 0 Å². The summed E-state index contributed by atoms with van der Waals surface area (Å²) in [5.74, 6) is 0.108. The van der Waals surface area contributed by atoms with Gasteiger partial charge in [-0.05, 0) is 37.0 Å². The predicted octanol–water partition coefficient (Wildman–Crippen LogP) is 2.39. The number of halogens is 1. The van der Waals surface area contributed by atoms with Gasteiger partial charge in [-0.25, -0.2) is 13.1 Å². The summed E-state index contributed by atoms with van der Waals surface area (Å²) in [6.07, 6.45) is 2.22. The van der Waals surface area contributed by atoms with Crippen LogP contribution in [-0.4, -0.2) is 27.9 Å². The van der Waals surface area contributed by atoms with E-state index in [1.165, 1.54) is 0 Å². The van der Waals surface area contributed by atoms with Gasteiger partial charge in [-0.15, -0.1) is 0 Å². The number of hydrogen-bond donors (Lipinski definition) is 1. The Bertz CT molecular complexity index is 541. The minimum Gasteiger partial charge on any atom is -0.385 e. The average molecular weight is 348 g/mol. The molecule has 1 aromatic rings. The highest BCUT2D eigenvalue weighted by molar-refractivity contribution is 9.10. The second kappa shape index (κ2) is 5.91. The highest BCUT2D eigenvalue weighted by atomic mass is 79.9. The molecule has 0 bridgehead atoms. The fraction of sp³-hybridized carbons (Fsp3) is 0.538. The van der Waals surface area contributed by atoms with Crippen molar-refractivity contribution in [1.82, 2.24) is 4.72 Å². The van der Waals surface area contributed by atoms with Gasteiger partial charge in [0.05, 0.1) is 11.3 Å². The first-order valence-electron chi connectivity index (χ1n) is 6.24. The number of sulfonamides is 1. The molecule has 1 aromatic carbocycles. The second-order valence-corrected chi connectivity index (χ2v) is 7.62. The third-order valence-corrected chi connectivity index (χ3v) is 5.26. The molecule has 0 amide bonds. The Labute approximate surface area is 122 Å². The van der Waals surface area contributed by atoms with Crippen LogP contribution in [-0.2, 0) is 20.3 Å². The molecule has 0 aromatic heterocycles. The number of ether oxygens (including phenoxy) is 1. The van der Waals surface area contributed by atoms with Crippen LogP contribution in [0.3, 0.4) is 0 Å². The van der Waals surface area contributed by atoms with Gasteiger partial charge in [-0.2, -0.15) is 0 Å². The van der Waals surface area contributed by atoms with Crippen molar-refractivity contribution in [2.24, 2.45) is 0 Å². The van der Waals surface area contributed by atoms with Crippen molar-refractivity contribution in [1.29, 1.82) is 0 Å². The SMILES string of the molecule is COCCCS(=O)(=O)NC1(c2cccc(Br)c2)CC1. The van der Waals surface area contributed by atoms with E-state index in [0.29, 0.717) is 13.0 Å². The Morgan fingerprint density at radius 3 is 2.74 bits per heavy atom. The van der Waals surface area contributed by atoms with E-state index in [0.717, 1.165) is 22.9 Å².